The Bertz CT molecular complexity index is 977. The van der Waals surface area contributed by atoms with Crippen molar-refractivity contribution in [2.45, 2.75) is 13.5 Å². The number of fused-ring (bicyclic) bond motifs is 1. The summed E-state index contributed by atoms with van der Waals surface area (Å²) in [6.07, 6.45) is 4.45. The smallest absolute Gasteiger partial charge is 0.199 e. The third kappa shape index (κ3) is 3.02. The molecule has 10 nitrogen and oxygen atoms in total. The van der Waals surface area contributed by atoms with E-state index in [9.17, 15) is 8.42 Å². The molecule has 3 heterocycles. The van der Waals surface area contributed by atoms with Gasteiger partial charge in [-0.3, -0.25) is 4.98 Å². The minimum Gasteiger partial charge on any atom is -0.381 e. The van der Waals surface area contributed by atoms with E-state index in [1.54, 1.807) is 12.4 Å². The van der Waals surface area contributed by atoms with Crippen LogP contribution in [0.5, 0.6) is 0 Å². The Morgan fingerprint density at radius 3 is 2.75 bits per heavy atom. The molecule has 3 N–H and O–H groups in total. The molecule has 0 radical (unpaired) electrons. The van der Waals surface area contributed by atoms with E-state index in [1.165, 1.54) is 6.26 Å². The average Bonchev–Trinajstić information content (AvgIpc) is 3.09. The van der Waals surface area contributed by atoms with Gasteiger partial charge in [-0.05, 0) is 17.2 Å². The number of aromatic nitrogens is 5. The molecule has 0 aliphatic heterocycles. The topological polar surface area (TPSA) is 142 Å². The minimum absolute atomic E-state index is 0.0245. The van der Waals surface area contributed by atoms with Crippen LogP contribution in [0.4, 0.5) is 11.5 Å². The number of nitrogen functional groups attached to an aromatic ring is 1. The molecule has 0 bridgehead atoms. The number of aryl methyl sites for hydroxylation is 1. The Hall–Kier alpha value is -2.69. The first-order valence-electron chi connectivity index (χ1n) is 7.25. The van der Waals surface area contributed by atoms with Gasteiger partial charge in [0, 0.05) is 19.3 Å². The Kier molecular flexibility index (Phi) is 4.09. The van der Waals surface area contributed by atoms with Crippen LogP contribution in [-0.4, -0.2) is 51.8 Å². The van der Waals surface area contributed by atoms with Gasteiger partial charge < -0.3 is 15.6 Å². The monoisotopic (exact) mass is 351 g/mol. The Labute approximate surface area is 138 Å². The second kappa shape index (κ2) is 6.07. The lowest BCUT2D eigenvalue weighted by molar-refractivity contribution is 0.310. The summed E-state index contributed by atoms with van der Waals surface area (Å²) >= 11 is 0. The summed E-state index contributed by atoms with van der Waals surface area (Å²) in [6.45, 7) is 2.83. The van der Waals surface area contributed by atoms with Gasteiger partial charge in [-0.25, -0.2) is 18.0 Å². The first-order chi connectivity index (χ1) is 11.4. The van der Waals surface area contributed by atoms with Crippen LogP contribution >= 0.6 is 0 Å². The van der Waals surface area contributed by atoms with Crippen molar-refractivity contribution < 1.29 is 13.0 Å². The molecule has 0 unspecified atom stereocenters. The third-order valence-corrected chi connectivity index (χ3v) is 4.43. The summed E-state index contributed by atoms with van der Waals surface area (Å²) in [5.41, 5.74) is 8.24. The Morgan fingerprint density at radius 1 is 1.33 bits per heavy atom. The quantitative estimate of drug-likeness (QED) is 0.650. The number of hydrogen-bond donors (Lipinski definition) is 2. The molecule has 0 fully saturated rings. The highest BCUT2D eigenvalue weighted by molar-refractivity contribution is 7.90. The molecular weight excluding hydrogens is 334 g/mol. The number of anilines is 2. The zero-order valence-corrected chi connectivity index (χ0v) is 14.0. The molecule has 0 saturated carbocycles. The van der Waals surface area contributed by atoms with Crippen molar-refractivity contribution in [3.63, 3.8) is 0 Å². The predicted molar refractivity (Wildman–Crippen MR) is 89.1 cm³/mol. The zero-order valence-electron chi connectivity index (χ0n) is 13.2. The highest BCUT2D eigenvalue weighted by atomic mass is 32.2. The summed E-state index contributed by atoms with van der Waals surface area (Å²) in [6, 6.07) is 0. The molecule has 0 atom stereocenters. The fourth-order valence-corrected chi connectivity index (χ4v) is 2.90. The van der Waals surface area contributed by atoms with Gasteiger partial charge in [0.25, 0.3) is 0 Å². The average molecular weight is 351 g/mol. The number of hydrogen-bond acceptors (Lipinski definition) is 9. The largest absolute Gasteiger partial charge is 0.381 e. The van der Waals surface area contributed by atoms with Crippen molar-refractivity contribution in [1.82, 2.24) is 24.8 Å². The van der Waals surface area contributed by atoms with Gasteiger partial charge in [-0.15, -0.1) is 0 Å². The van der Waals surface area contributed by atoms with Crippen molar-refractivity contribution in [3.8, 4) is 11.5 Å². The van der Waals surface area contributed by atoms with E-state index in [-0.39, 0.29) is 18.1 Å². The van der Waals surface area contributed by atoms with Gasteiger partial charge in [0.05, 0.1) is 29.4 Å². The van der Waals surface area contributed by atoms with E-state index < -0.39 is 9.84 Å². The standard InChI is InChI=1S/C13H17N7O3S/c1-3-20-11-8(16-4-5-24(2,21)22)6-15-7-9(11)17-13(20)10-12(14)19-23-18-10/h6-7,16H,3-5H2,1-2H3,(H2,14,19). The van der Waals surface area contributed by atoms with Crippen LogP contribution in [0.25, 0.3) is 22.6 Å². The maximum absolute atomic E-state index is 11.3. The molecule has 3 aromatic rings. The number of nitrogens with two attached hydrogens (primary N) is 1. The summed E-state index contributed by atoms with van der Waals surface area (Å²) in [7, 11) is -3.05. The predicted octanol–water partition coefficient (Wildman–Crippen LogP) is 0.540. The summed E-state index contributed by atoms with van der Waals surface area (Å²) in [5, 5.41) is 10.5. The maximum Gasteiger partial charge on any atom is 0.199 e. The molecule has 24 heavy (non-hydrogen) atoms. The van der Waals surface area contributed by atoms with Gasteiger partial charge in [-0.2, -0.15) is 0 Å². The fourth-order valence-electron chi connectivity index (χ4n) is 2.43. The number of nitrogens with zero attached hydrogens (tertiary/aromatic N) is 5. The second-order valence-corrected chi connectivity index (χ2v) is 7.55. The fraction of sp³-hybridized carbons (Fsp3) is 0.385. The molecule has 11 heteroatoms. The SMILES string of the molecule is CCn1c(-c2nonc2N)nc2cncc(NCCS(C)(=O)=O)c21. The number of pyridine rings is 1. The molecule has 0 aliphatic rings. The van der Waals surface area contributed by atoms with Crippen LogP contribution in [0.3, 0.4) is 0 Å². The van der Waals surface area contributed by atoms with Gasteiger partial charge in [0.1, 0.15) is 15.4 Å². The maximum atomic E-state index is 11.3. The molecule has 0 saturated heterocycles. The van der Waals surface area contributed by atoms with E-state index in [2.05, 4.69) is 30.2 Å². The lowest BCUT2D eigenvalue weighted by atomic mass is 10.3. The van der Waals surface area contributed by atoms with Crippen LogP contribution in [-0.2, 0) is 16.4 Å². The minimum atomic E-state index is -3.05. The highest BCUT2D eigenvalue weighted by Crippen LogP contribution is 2.30. The first-order valence-corrected chi connectivity index (χ1v) is 9.31. The number of nitrogens with one attached hydrogen (secondary N) is 1. The second-order valence-electron chi connectivity index (χ2n) is 5.29. The summed E-state index contributed by atoms with van der Waals surface area (Å²) in [5.74, 6) is 0.696. The zero-order chi connectivity index (χ0) is 17.3. The Balaban J connectivity index is 2.06. The molecule has 0 aliphatic carbocycles. The van der Waals surface area contributed by atoms with E-state index in [0.717, 1.165) is 5.52 Å². The molecule has 3 rings (SSSR count). The van der Waals surface area contributed by atoms with Gasteiger partial charge >= 0.3 is 0 Å². The number of rotatable bonds is 6. The van der Waals surface area contributed by atoms with Crippen LogP contribution in [0.1, 0.15) is 6.92 Å². The summed E-state index contributed by atoms with van der Waals surface area (Å²) < 4.78 is 29.1. The van der Waals surface area contributed by atoms with E-state index >= 15 is 0 Å². The van der Waals surface area contributed by atoms with Crippen LogP contribution in [0.2, 0.25) is 0 Å². The van der Waals surface area contributed by atoms with E-state index in [1.807, 2.05) is 11.5 Å². The van der Waals surface area contributed by atoms with Gasteiger partial charge in [-0.1, -0.05) is 0 Å². The lowest BCUT2D eigenvalue weighted by Gasteiger charge is -2.10. The molecule has 0 spiro atoms. The van der Waals surface area contributed by atoms with Crippen LogP contribution in [0, 0.1) is 0 Å². The van der Waals surface area contributed by atoms with Crippen LogP contribution in [0.15, 0.2) is 17.0 Å². The molecular formula is C13H17N7O3S. The molecule has 0 amide bonds. The molecule has 0 aromatic carbocycles. The van der Waals surface area contributed by atoms with Crippen LogP contribution < -0.4 is 11.1 Å². The Morgan fingerprint density at radius 2 is 2.12 bits per heavy atom. The van der Waals surface area contributed by atoms with E-state index in [0.29, 0.717) is 29.3 Å². The number of imidazole rings is 1. The highest BCUT2D eigenvalue weighted by Gasteiger charge is 2.20. The molecule has 128 valence electrons. The number of sulfone groups is 1. The first kappa shape index (κ1) is 16.2. The van der Waals surface area contributed by atoms with Crippen molar-refractivity contribution in [2.24, 2.45) is 0 Å². The molecule has 3 aromatic heterocycles. The lowest BCUT2D eigenvalue weighted by Crippen LogP contribution is -2.15. The van der Waals surface area contributed by atoms with E-state index in [4.69, 9.17) is 5.73 Å². The summed E-state index contributed by atoms with van der Waals surface area (Å²) in [4.78, 5) is 8.65. The van der Waals surface area contributed by atoms with Gasteiger partial charge in [0.15, 0.2) is 17.3 Å². The van der Waals surface area contributed by atoms with Crippen molar-refractivity contribution in [3.05, 3.63) is 12.4 Å². The van der Waals surface area contributed by atoms with Crippen molar-refractivity contribution in [1.29, 1.82) is 0 Å². The third-order valence-electron chi connectivity index (χ3n) is 3.48. The normalized spacial score (nSPS) is 11.9. The van der Waals surface area contributed by atoms with Gasteiger partial charge in [0.2, 0.25) is 0 Å². The van der Waals surface area contributed by atoms with Crippen molar-refractivity contribution >= 4 is 32.4 Å². The van der Waals surface area contributed by atoms with Crippen molar-refractivity contribution in [2.75, 3.05) is 29.6 Å².